The van der Waals surface area contributed by atoms with Crippen LogP contribution in [0.4, 0.5) is 0 Å². The molecule has 0 bridgehead atoms. The standard InChI is InChI=1S/C37H38N2/c1-21(2)31-20-39-35(17-24(31)5)36-30-18-26-9-7-8-10-27(26)28(30)13-14-32(36)37(39)33-15-22(3)11-12-29(33)34-16-23(4)25(6)19-38(34)37/h11-17,19-21H,7-10,18H2,1-6H3/q+2. The number of aryl methyl sites for hydroxylation is 4. The first-order chi connectivity index (χ1) is 18.8. The minimum Gasteiger partial charge on any atom is -0.125 e. The van der Waals surface area contributed by atoms with Crippen LogP contribution in [0.5, 0.6) is 0 Å². The lowest BCUT2D eigenvalue weighted by Crippen LogP contribution is -2.71. The summed E-state index contributed by atoms with van der Waals surface area (Å²) in [5.41, 5.74) is 21.3. The second kappa shape index (κ2) is 7.78. The molecule has 2 heteroatoms. The Morgan fingerprint density at radius 2 is 1.46 bits per heavy atom. The van der Waals surface area contributed by atoms with Gasteiger partial charge >= 0.3 is 5.66 Å². The number of rotatable bonds is 1. The number of nitrogens with zero attached hydrogens (tertiary/aromatic N) is 2. The predicted molar refractivity (Wildman–Crippen MR) is 158 cm³/mol. The molecule has 0 amide bonds. The zero-order chi connectivity index (χ0) is 26.8. The van der Waals surface area contributed by atoms with Gasteiger partial charge < -0.3 is 0 Å². The molecule has 194 valence electrons. The van der Waals surface area contributed by atoms with Crippen molar-refractivity contribution < 1.29 is 9.13 Å². The molecule has 2 aromatic carbocycles. The molecular formula is C37H38N2+2. The van der Waals surface area contributed by atoms with Gasteiger partial charge in [0.1, 0.15) is 11.1 Å². The Morgan fingerprint density at radius 1 is 0.718 bits per heavy atom. The molecule has 2 aliphatic carbocycles. The van der Waals surface area contributed by atoms with Crippen molar-refractivity contribution in [3.8, 4) is 22.5 Å². The lowest BCUT2D eigenvalue weighted by atomic mass is 9.85. The van der Waals surface area contributed by atoms with Crippen molar-refractivity contribution in [3.63, 3.8) is 0 Å². The lowest BCUT2D eigenvalue weighted by molar-refractivity contribution is -0.955. The number of allylic oxidation sites excluding steroid dienone is 2. The fourth-order valence-corrected chi connectivity index (χ4v) is 8.31. The second-order valence-corrected chi connectivity index (χ2v) is 12.9. The SMILES string of the molecule is Cc1ccc2c(c1)C1(c3ccc4c(c3-c3cc(C)c(C(C)C)c[n+]31)CC1=C4CCCC1)[n+]1cc(C)c(C)cc1-2. The van der Waals surface area contributed by atoms with E-state index in [1.54, 1.807) is 16.7 Å². The van der Waals surface area contributed by atoms with Gasteiger partial charge in [-0.1, -0.05) is 37.1 Å². The topological polar surface area (TPSA) is 7.76 Å². The maximum absolute atomic E-state index is 2.67. The summed E-state index contributed by atoms with van der Waals surface area (Å²) in [6, 6.07) is 17.0. The van der Waals surface area contributed by atoms with Crippen LogP contribution in [0, 0.1) is 27.7 Å². The number of pyridine rings is 2. The predicted octanol–water partition coefficient (Wildman–Crippen LogP) is 7.76. The smallest absolute Gasteiger partial charge is 0.125 e. The third kappa shape index (κ3) is 2.82. The molecule has 39 heavy (non-hydrogen) atoms. The summed E-state index contributed by atoms with van der Waals surface area (Å²) in [6.45, 7) is 13.7. The van der Waals surface area contributed by atoms with Gasteiger partial charge in [0.2, 0.25) is 11.4 Å². The van der Waals surface area contributed by atoms with Crippen LogP contribution >= 0.6 is 0 Å². The van der Waals surface area contributed by atoms with Crippen LogP contribution in [-0.2, 0) is 12.1 Å². The normalized spacial score (nSPS) is 19.8. The Morgan fingerprint density at radius 3 is 2.28 bits per heavy atom. The zero-order valence-corrected chi connectivity index (χ0v) is 24.2. The van der Waals surface area contributed by atoms with Crippen LogP contribution in [0.2, 0.25) is 0 Å². The van der Waals surface area contributed by atoms with Gasteiger partial charge in [0.25, 0.3) is 0 Å². The van der Waals surface area contributed by atoms with E-state index in [9.17, 15) is 0 Å². The van der Waals surface area contributed by atoms with E-state index in [1.165, 1.54) is 92.7 Å². The van der Waals surface area contributed by atoms with Gasteiger partial charge in [-0.2, -0.15) is 0 Å². The van der Waals surface area contributed by atoms with Gasteiger partial charge in [-0.3, -0.25) is 0 Å². The molecule has 0 radical (unpaired) electrons. The number of hydrogen-bond donors (Lipinski definition) is 0. The molecule has 1 unspecified atom stereocenters. The average Bonchev–Trinajstić information content (AvgIpc) is 3.51. The molecule has 4 aliphatic rings. The van der Waals surface area contributed by atoms with Crippen molar-refractivity contribution in [2.24, 2.45) is 0 Å². The minimum atomic E-state index is -0.421. The summed E-state index contributed by atoms with van der Waals surface area (Å²) in [7, 11) is 0. The zero-order valence-electron chi connectivity index (χ0n) is 24.2. The van der Waals surface area contributed by atoms with Gasteiger partial charge in [0.15, 0.2) is 12.4 Å². The highest BCUT2D eigenvalue weighted by Crippen LogP contribution is 2.53. The molecular weight excluding hydrogens is 472 g/mol. The van der Waals surface area contributed by atoms with Gasteiger partial charge in [0.05, 0.1) is 11.1 Å². The molecule has 1 spiro atoms. The van der Waals surface area contributed by atoms with Gasteiger partial charge in [-0.25, -0.2) is 0 Å². The maximum atomic E-state index is 2.67. The van der Waals surface area contributed by atoms with E-state index >= 15 is 0 Å². The van der Waals surface area contributed by atoms with Crippen LogP contribution in [0.1, 0.15) is 95.5 Å². The Balaban J connectivity index is 1.55. The summed E-state index contributed by atoms with van der Waals surface area (Å²) < 4.78 is 5.28. The van der Waals surface area contributed by atoms with E-state index < -0.39 is 5.66 Å². The molecule has 0 saturated carbocycles. The van der Waals surface area contributed by atoms with Crippen LogP contribution < -0.4 is 9.13 Å². The molecule has 4 heterocycles. The fourth-order valence-electron chi connectivity index (χ4n) is 8.31. The minimum absolute atomic E-state index is 0.421. The van der Waals surface area contributed by atoms with Gasteiger partial charge in [-0.15, -0.1) is 9.13 Å². The fraction of sp³-hybridized carbons (Fsp3) is 0.351. The molecule has 4 aromatic rings. The number of aromatic nitrogens is 2. The highest BCUT2D eigenvalue weighted by Gasteiger charge is 2.67. The van der Waals surface area contributed by atoms with E-state index in [4.69, 9.17) is 0 Å². The summed E-state index contributed by atoms with van der Waals surface area (Å²) in [4.78, 5) is 0. The van der Waals surface area contributed by atoms with Crippen LogP contribution in [0.25, 0.3) is 28.1 Å². The molecule has 8 rings (SSSR count). The van der Waals surface area contributed by atoms with Crippen molar-refractivity contribution >= 4 is 5.57 Å². The molecule has 0 saturated heterocycles. The first-order valence-electron chi connectivity index (χ1n) is 14.9. The molecule has 2 aromatic heterocycles. The highest BCUT2D eigenvalue weighted by atomic mass is 15.3. The van der Waals surface area contributed by atoms with Crippen LogP contribution in [-0.4, -0.2) is 0 Å². The molecule has 2 aliphatic heterocycles. The Kier molecular flexibility index (Phi) is 4.66. The summed E-state index contributed by atoms with van der Waals surface area (Å²) in [5, 5.41) is 0. The van der Waals surface area contributed by atoms with E-state index in [-0.39, 0.29) is 0 Å². The quantitative estimate of drug-likeness (QED) is 0.200. The number of fused-ring (bicyclic) bond motifs is 13. The third-order valence-corrected chi connectivity index (χ3v) is 10.3. The Bertz CT molecular complexity index is 1800. The summed E-state index contributed by atoms with van der Waals surface area (Å²) >= 11 is 0. The van der Waals surface area contributed by atoms with E-state index in [2.05, 4.69) is 106 Å². The maximum Gasteiger partial charge on any atom is 0.417 e. The van der Waals surface area contributed by atoms with Crippen molar-refractivity contribution in [1.82, 2.24) is 0 Å². The largest absolute Gasteiger partial charge is 0.417 e. The first-order valence-corrected chi connectivity index (χ1v) is 14.9. The number of benzene rings is 2. The highest BCUT2D eigenvalue weighted by molar-refractivity contribution is 5.86. The summed E-state index contributed by atoms with van der Waals surface area (Å²) in [6.07, 6.45) is 11.2. The van der Waals surface area contributed by atoms with E-state index in [1.807, 2.05) is 0 Å². The average molecular weight is 511 g/mol. The molecule has 2 nitrogen and oxygen atoms in total. The summed E-state index contributed by atoms with van der Waals surface area (Å²) in [5.74, 6) is 0.464. The van der Waals surface area contributed by atoms with Crippen molar-refractivity contribution in [1.29, 1.82) is 0 Å². The first kappa shape index (κ1) is 23.4. The lowest BCUT2D eigenvalue weighted by Gasteiger charge is -2.20. The van der Waals surface area contributed by atoms with E-state index in [0.29, 0.717) is 5.92 Å². The Labute approximate surface area is 232 Å². The number of hydrogen-bond acceptors (Lipinski definition) is 0. The Hall–Kier alpha value is -3.52. The van der Waals surface area contributed by atoms with E-state index in [0.717, 1.165) is 6.42 Å². The van der Waals surface area contributed by atoms with Gasteiger partial charge in [-0.05, 0) is 112 Å². The molecule has 1 atom stereocenters. The molecule has 0 N–H and O–H groups in total. The van der Waals surface area contributed by atoms with Crippen molar-refractivity contribution in [2.45, 2.75) is 85.2 Å². The van der Waals surface area contributed by atoms with Crippen LogP contribution in [0.3, 0.4) is 0 Å². The third-order valence-electron chi connectivity index (χ3n) is 10.3. The van der Waals surface area contributed by atoms with Crippen molar-refractivity contribution in [2.75, 3.05) is 0 Å². The van der Waals surface area contributed by atoms with Crippen LogP contribution in [0.15, 0.2) is 60.4 Å². The molecule has 0 fully saturated rings. The second-order valence-electron chi connectivity index (χ2n) is 12.9. The van der Waals surface area contributed by atoms with Crippen molar-refractivity contribution in [3.05, 3.63) is 111 Å². The van der Waals surface area contributed by atoms with Gasteiger partial charge in [0, 0.05) is 23.3 Å². The monoisotopic (exact) mass is 510 g/mol.